The van der Waals surface area contributed by atoms with Gasteiger partial charge in [-0.15, -0.1) is 0 Å². The van der Waals surface area contributed by atoms with Gasteiger partial charge in [-0.25, -0.2) is 0 Å². The van der Waals surface area contributed by atoms with Crippen molar-refractivity contribution in [1.82, 2.24) is 10.5 Å². The molecule has 1 amide bonds. The molecule has 19 heavy (non-hydrogen) atoms. The lowest BCUT2D eigenvalue weighted by Crippen LogP contribution is -2.37. The third-order valence-electron chi connectivity index (χ3n) is 4.44. The van der Waals surface area contributed by atoms with E-state index in [-0.39, 0.29) is 5.91 Å². The minimum atomic E-state index is -0.0361. The van der Waals surface area contributed by atoms with E-state index in [1.165, 1.54) is 19.3 Å². The third kappa shape index (κ3) is 2.67. The van der Waals surface area contributed by atoms with Gasteiger partial charge >= 0.3 is 0 Å². The lowest BCUT2D eigenvalue weighted by molar-refractivity contribution is 0.0917. The molecule has 104 valence electrons. The van der Waals surface area contributed by atoms with Crippen LogP contribution >= 0.6 is 0 Å². The molecule has 0 spiro atoms. The van der Waals surface area contributed by atoms with E-state index in [1.54, 1.807) is 0 Å². The second-order valence-corrected chi connectivity index (χ2v) is 6.09. The zero-order chi connectivity index (χ0) is 13.2. The zero-order valence-corrected chi connectivity index (χ0v) is 11.6. The summed E-state index contributed by atoms with van der Waals surface area (Å²) in [5.74, 6) is 1.51. The molecule has 0 aliphatic heterocycles. The molecule has 1 saturated carbocycles. The maximum atomic E-state index is 12.3. The number of hydrogen-bond donors (Lipinski definition) is 1. The first-order chi connectivity index (χ1) is 9.24. The van der Waals surface area contributed by atoms with Crippen molar-refractivity contribution >= 4 is 5.91 Å². The summed E-state index contributed by atoms with van der Waals surface area (Å²) in [6, 6.07) is 0.328. The van der Waals surface area contributed by atoms with E-state index in [2.05, 4.69) is 17.4 Å². The van der Waals surface area contributed by atoms with Crippen LogP contribution in [0.4, 0.5) is 0 Å². The average Bonchev–Trinajstić information content (AvgIpc) is 2.82. The van der Waals surface area contributed by atoms with Gasteiger partial charge in [-0.05, 0) is 31.6 Å². The molecule has 1 heterocycles. The number of aryl methyl sites for hydroxylation is 1. The normalized spacial score (nSPS) is 23.9. The summed E-state index contributed by atoms with van der Waals surface area (Å²) in [5, 5.41) is 7.14. The van der Waals surface area contributed by atoms with Crippen LogP contribution in [0.2, 0.25) is 0 Å². The number of carbonyl (C=O) groups excluding carboxylic acids is 1. The Morgan fingerprint density at radius 3 is 2.84 bits per heavy atom. The smallest absolute Gasteiger partial charge is 0.273 e. The van der Waals surface area contributed by atoms with Crippen molar-refractivity contribution in [2.75, 3.05) is 0 Å². The SMILES string of the molecule is C[C@@H]1CCc2onc(C(=O)NC3CCCCC3)c2C1. The molecule has 1 atom stereocenters. The topological polar surface area (TPSA) is 55.1 Å². The van der Waals surface area contributed by atoms with Crippen LogP contribution in [-0.2, 0) is 12.8 Å². The predicted molar refractivity (Wildman–Crippen MR) is 72.0 cm³/mol. The molecule has 0 unspecified atom stereocenters. The first kappa shape index (κ1) is 12.7. The molecule has 1 aromatic rings. The van der Waals surface area contributed by atoms with Gasteiger partial charge in [-0.2, -0.15) is 0 Å². The minimum Gasteiger partial charge on any atom is -0.360 e. The second-order valence-electron chi connectivity index (χ2n) is 6.09. The van der Waals surface area contributed by atoms with Crippen LogP contribution < -0.4 is 5.32 Å². The Kier molecular flexibility index (Phi) is 3.58. The van der Waals surface area contributed by atoms with E-state index in [1.807, 2.05) is 0 Å². The minimum absolute atomic E-state index is 0.0361. The Bertz CT molecular complexity index is 461. The van der Waals surface area contributed by atoms with Crippen LogP contribution in [-0.4, -0.2) is 17.1 Å². The lowest BCUT2D eigenvalue weighted by atomic mass is 9.88. The highest BCUT2D eigenvalue weighted by molar-refractivity contribution is 5.94. The van der Waals surface area contributed by atoms with Crippen molar-refractivity contribution in [3.63, 3.8) is 0 Å². The predicted octanol–water partition coefficient (Wildman–Crippen LogP) is 2.86. The molecule has 2 aliphatic carbocycles. The number of hydrogen-bond acceptors (Lipinski definition) is 3. The Labute approximate surface area is 113 Å². The van der Waals surface area contributed by atoms with Gasteiger partial charge in [0, 0.05) is 18.0 Å². The van der Waals surface area contributed by atoms with E-state index in [0.29, 0.717) is 17.7 Å². The standard InChI is InChI=1S/C15H22N2O2/c1-10-7-8-13-12(9-10)14(17-19-13)15(18)16-11-5-3-2-4-6-11/h10-11H,2-9H2,1H3,(H,16,18)/t10-/m1/s1. The molecule has 1 N–H and O–H groups in total. The summed E-state index contributed by atoms with van der Waals surface area (Å²) in [6.07, 6.45) is 8.91. The van der Waals surface area contributed by atoms with Gasteiger partial charge in [0.2, 0.25) is 0 Å². The van der Waals surface area contributed by atoms with E-state index >= 15 is 0 Å². The molecule has 1 aromatic heterocycles. The molecular weight excluding hydrogens is 240 g/mol. The first-order valence-electron chi connectivity index (χ1n) is 7.52. The van der Waals surface area contributed by atoms with E-state index in [0.717, 1.165) is 43.4 Å². The number of amides is 1. The average molecular weight is 262 g/mol. The Balaban J connectivity index is 1.71. The van der Waals surface area contributed by atoms with Crippen LogP contribution in [0.25, 0.3) is 0 Å². The van der Waals surface area contributed by atoms with Crippen molar-refractivity contribution in [1.29, 1.82) is 0 Å². The van der Waals surface area contributed by atoms with Gasteiger partial charge in [0.15, 0.2) is 5.69 Å². The fourth-order valence-corrected chi connectivity index (χ4v) is 3.26. The van der Waals surface area contributed by atoms with Crippen molar-refractivity contribution in [2.24, 2.45) is 5.92 Å². The molecule has 4 nitrogen and oxygen atoms in total. The van der Waals surface area contributed by atoms with Gasteiger partial charge in [0.1, 0.15) is 5.76 Å². The number of fused-ring (bicyclic) bond motifs is 1. The molecule has 0 radical (unpaired) electrons. The Morgan fingerprint density at radius 1 is 1.26 bits per heavy atom. The summed E-state index contributed by atoms with van der Waals surface area (Å²) < 4.78 is 5.33. The first-order valence-corrected chi connectivity index (χ1v) is 7.52. The van der Waals surface area contributed by atoms with Crippen molar-refractivity contribution in [3.05, 3.63) is 17.0 Å². The number of nitrogens with zero attached hydrogens (tertiary/aromatic N) is 1. The number of nitrogens with one attached hydrogen (secondary N) is 1. The van der Waals surface area contributed by atoms with Crippen LogP contribution in [0.15, 0.2) is 4.52 Å². The summed E-state index contributed by atoms with van der Waals surface area (Å²) in [6.45, 7) is 2.22. The van der Waals surface area contributed by atoms with E-state index < -0.39 is 0 Å². The van der Waals surface area contributed by atoms with Crippen LogP contribution in [0.3, 0.4) is 0 Å². The number of aromatic nitrogens is 1. The van der Waals surface area contributed by atoms with Gasteiger partial charge in [0.25, 0.3) is 5.91 Å². The summed E-state index contributed by atoms with van der Waals surface area (Å²) in [5.41, 5.74) is 1.58. The molecule has 3 rings (SSSR count). The Hall–Kier alpha value is -1.32. The molecule has 0 aromatic carbocycles. The summed E-state index contributed by atoms with van der Waals surface area (Å²) in [4.78, 5) is 12.3. The third-order valence-corrected chi connectivity index (χ3v) is 4.44. The van der Waals surface area contributed by atoms with Crippen LogP contribution in [0.5, 0.6) is 0 Å². The molecule has 2 aliphatic rings. The number of carbonyl (C=O) groups is 1. The zero-order valence-electron chi connectivity index (χ0n) is 11.6. The van der Waals surface area contributed by atoms with Gasteiger partial charge in [-0.1, -0.05) is 31.3 Å². The van der Waals surface area contributed by atoms with Gasteiger partial charge in [0.05, 0.1) is 0 Å². The van der Waals surface area contributed by atoms with Crippen molar-refractivity contribution < 1.29 is 9.32 Å². The monoisotopic (exact) mass is 262 g/mol. The van der Waals surface area contributed by atoms with Crippen molar-refractivity contribution in [2.45, 2.75) is 64.3 Å². The van der Waals surface area contributed by atoms with Crippen LogP contribution in [0, 0.1) is 5.92 Å². The molecule has 1 fully saturated rings. The van der Waals surface area contributed by atoms with E-state index in [9.17, 15) is 4.79 Å². The quantitative estimate of drug-likeness (QED) is 0.891. The largest absolute Gasteiger partial charge is 0.360 e. The second kappa shape index (κ2) is 5.35. The fraction of sp³-hybridized carbons (Fsp3) is 0.733. The van der Waals surface area contributed by atoms with E-state index in [4.69, 9.17) is 4.52 Å². The molecule has 4 heteroatoms. The maximum absolute atomic E-state index is 12.3. The fourth-order valence-electron chi connectivity index (χ4n) is 3.26. The van der Waals surface area contributed by atoms with Crippen molar-refractivity contribution in [3.8, 4) is 0 Å². The molecule has 0 bridgehead atoms. The highest BCUT2D eigenvalue weighted by Gasteiger charge is 2.28. The summed E-state index contributed by atoms with van der Waals surface area (Å²) >= 11 is 0. The van der Waals surface area contributed by atoms with Gasteiger partial charge < -0.3 is 9.84 Å². The highest BCUT2D eigenvalue weighted by Crippen LogP contribution is 2.28. The molecular formula is C15H22N2O2. The molecule has 0 saturated heterocycles. The highest BCUT2D eigenvalue weighted by atomic mass is 16.5. The Morgan fingerprint density at radius 2 is 2.05 bits per heavy atom. The van der Waals surface area contributed by atoms with Crippen LogP contribution in [0.1, 0.15) is 67.3 Å². The maximum Gasteiger partial charge on any atom is 0.273 e. The lowest BCUT2D eigenvalue weighted by Gasteiger charge is -2.22. The van der Waals surface area contributed by atoms with Gasteiger partial charge in [-0.3, -0.25) is 4.79 Å². The summed E-state index contributed by atoms with van der Waals surface area (Å²) in [7, 11) is 0. The number of rotatable bonds is 2.